The fourth-order valence-electron chi connectivity index (χ4n) is 1.64. The third-order valence-corrected chi connectivity index (χ3v) is 2.82. The van der Waals surface area contributed by atoms with Gasteiger partial charge in [0.2, 0.25) is 0 Å². The van der Waals surface area contributed by atoms with Gasteiger partial charge < -0.3 is 15.1 Å². The number of rotatable bonds is 8. The van der Waals surface area contributed by atoms with Gasteiger partial charge in [0, 0.05) is 0 Å². The monoisotopic (exact) mass is 297 g/mol. The van der Waals surface area contributed by atoms with Crippen molar-refractivity contribution in [2.75, 3.05) is 0 Å². The highest BCUT2D eigenvalue weighted by atomic mass is 16.7. The first-order valence-corrected chi connectivity index (χ1v) is 7.02. The van der Waals surface area contributed by atoms with Gasteiger partial charge >= 0.3 is 5.97 Å². The van der Waals surface area contributed by atoms with E-state index in [9.17, 15) is 9.70 Å². The zero-order valence-corrected chi connectivity index (χ0v) is 12.5. The number of phenols is 1. The number of unbranched alkanes of at least 4 members (excludes halogenated alkanes) is 3. The van der Waals surface area contributed by atoms with Crippen molar-refractivity contribution in [3.63, 3.8) is 0 Å². The summed E-state index contributed by atoms with van der Waals surface area (Å²) in [5.41, 5.74) is -0.0671. The van der Waals surface area contributed by atoms with Crippen LogP contribution in [0.1, 0.15) is 56.3 Å². The Kier molecular flexibility index (Phi) is 10.5. The molecule has 0 saturated heterocycles. The number of hydrogen-bond donors (Lipinski definition) is 2. The standard InChI is InChI=1S/C8H17NO2.C7H6O3/c1-3-4-5-6-7-8(2)11-9-10;8-6-4-2-1-3-5(6)7(9)10/h8H,3-7H2,1-2H3;1-4,8H,(H,9,10). The van der Waals surface area contributed by atoms with Gasteiger partial charge in [-0.15, -0.1) is 4.91 Å². The van der Waals surface area contributed by atoms with E-state index in [1.807, 2.05) is 6.92 Å². The normalized spacial score (nSPS) is 11.0. The number of benzene rings is 1. The first kappa shape index (κ1) is 18.9. The number of carboxylic acid groups (broad SMARTS) is 1. The molecule has 0 aromatic heterocycles. The Labute approximate surface area is 124 Å². The van der Waals surface area contributed by atoms with Crippen molar-refractivity contribution in [2.45, 2.75) is 52.1 Å². The van der Waals surface area contributed by atoms with Crippen LogP contribution in [0.25, 0.3) is 0 Å². The van der Waals surface area contributed by atoms with Crippen molar-refractivity contribution in [1.82, 2.24) is 0 Å². The number of para-hydroxylation sites is 1. The van der Waals surface area contributed by atoms with Crippen LogP contribution < -0.4 is 0 Å². The predicted molar refractivity (Wildman–Crippen MR) is 80.2 cm³/mol. The summed E-state index contributed by atoms with van der Waals surface area (Å²) in [6.45, 7) is 4.04. The second kappa shape index (κ2) is 11.7. The minimum absolute atomic E-state index is 0.00986. The van der Waals surface area contributed by atoms with E-state index >= 15 is 0 Å². The van der Waals surface area contributed by atoms with E-state index in [2.05, 4.69) is 17.1 Å². The lowest BCUT2D eigenvalue weighted by Gasteiger charge is -2.05. The molecule has 0 heterocycles. The molecule has 0 aliphatic heterocycles. The Morgan fingerprint density at radius 3 is 2.43 bits per heavy atom. The lowest BCUT2D eigenvalue weighted by atomic mass is 10.1. The smallest absolute Gasteiger partial charge is 0.339 e. The van der Waals surface area contributed by atoms with Gasteiger partial charge in [-0.1, -0.05) is 38.3 Å². The molecule has 0 radical (unpaired) electrons. The number of aromatic hydroxyl groups is 1. The Hall–Kier alpha value is -2.11. The summed E-state index contributed by atoms with van der Waals surface area (Å²) in [7, 11) is 0. The van der Waals surface area contributed by atoms with Crippen LogP contribution in [0.4, 0.5) is 0 Å². The van der Waals surface area contributed by atoms with Crippen LogP contribution in [0.5, 0.6) is 5.75 Å². The number of hydrogen-bond acceptors (Lipinski definition) is 5. The molecule has 0 bridgehead atoms. The van der Waals surface area contributed by atoms with Crippen LogP contribution in [0.2, 0.25) is 0 Å². The highest BCUT2D eigenvalue weighted by Gasteiger charge is 2.05. The predicted octanol–water partition coefficient (Wildman–Crippen LogP) is 4.13. The fraction of sp³-hybridized carbons (Fsp3) is 0.533. The molecule has 0 fully saturated rings. The fourth-order valence-corrected chi connectivity index (χ4v) is 1.64. The van der Waals surface area contributed by atoms with Crippen molar-refractivity contribution in [3.8, 4) is 5.75 Å². The van der Waals surface area contributed by atoms with Gasteiger partial charge in [-0.25, -0.2) is 4.79 Å². The second-order valence-electron chi connectivity index (χ2n) is 4.66. The van der Waals surface area contributed by atoms with Crippen LogP contribution in [-0.4, -0.2) is 22.3 Å². The number of carboxylic acids is 1. The summed E-state index contributed by atoms with van der Waals surface area (Å²) in [5.74, 6) is -1.31. The van der Waals surface area contributed by atoms with Crippen molar-refractivity contribution in [1.29, 1.82) is 0 Å². The molecular weight excluding hydrogens is 274 g/mol. The van der Waals surface area contributed by atoms with Crippen molar-refractivity contribution < 1.29 is 19.8 Å². The summed E-state index contributed by atoms with van der Waals surface area (Å²) in [6, 6.07) is 5.81. The van der Waals surface area contributed by atoms with Gasteiger partial charge in [0.1, 0.15) is 17.4 Å². The van der Waals surface area contributed by atoms with E-state index in [0.29, 0.717) is 0 Å². The molecule has 21 heavy (non-hydrogen) atoms. The molecule has 1 aromatic carbocycles. The SMILES string of the molecule is CCCCCCC(C)ON=O.O=C(O)c1ccccc1O. The summed E-state index contributed by atoms with van der Waals surface area (Å²) >= 11 is 0. The van der Waals surface area contributed by atoms with Gasteiger partial charge in [0.25, 0.3) is 0 Å². The molecule has 0 spiro atoms. The Morgan fingerprint density at radius 2 is 1.95 bits per heavy atom. The van der Waals surface area contributed by atoms with E-state index in [1.165, 1.54) is 31.4 Å². The molecule has 118 valence electrons. The van der Waals surface area contributed by atoms with E-state index in [4.69, 9.17) is 10.2 Å². The van der Waals surface area contributed by atoms with Crippen LogP contribution in [0.15, 0.2) is 29.6 Å². The molecule has 1 unspecified atom stereocenters. The van der Waals surface area contributed by atoms with Crippen molar-refractivity contribution in [2.24, 2.45) is 5.34 Å². The molecule has 0 saturated carbocycles. The molecule has 2 N–H and O–H groups in total. The first-order valence-electron chi connectivity index (χ1n) is 7.02. The molecule has 1 aromatic rings. The number of aromatic carboxylic acids is 1. The van der Waals surface area contributed by atoms with Crippen LogP contribution in [0.3, 0.4) is 0 Å². The maximum Gasteiger partial charge on any atom is 0.339 e. The number of nitrogens with zero attached hydrogens (tertiary/aromatic N) is 1. The maximum absolute atomic E-state index is 10.3. The summed E-state index contributed by atoms with van der Waals surface area (Å²) < 4.78 is 0. The molecule has 0 aliphatic carbocycles. The van der Waals surface area contributed by atoms with Gasteiger partial charge in [-0.05, 0) is 31.9 Å². The Morgan fingerprint density at radius 1 is 1.29 bits per heavy atom. The zero-order valence-electron chi connectivity index (χ0n) is 12.5. The highest BCUT2D eigenvalue weighted by Crippen LogP contribution is 2.14. The first-order chi connectivity index (χ1) is 10.0. The average molecular weight is 297 g/mol. The molecule has 6 heteroatoms. The summed E-state index contributed by atoms with van der Waals surface area (Å²) in [6.07, 6.45) is 5.78. The van der Waals surface area contributed by atoms with Gasteiger partial charge in [-0.3, -0.25) is 0 Å². The molecule has 1 rings (SSSR count). The molecule has 1 atom stereocenters. The molecular formula is C15H23NO5. The average Bonchev–Trinajstić information content (AvgIpc) is 2.45. The Balaban J connectivity index is 0.000000382. The number of carbonyl (C=O) groups is 1. The van der Waals surface area contributed by atoms with Gasteiger partial charge in [0.15, 0.2) is 5.34 Å². The minimum atomic E-state index is -1.11. The molecule has 6 nitrogen and oxygen atoms in total. The molecule has 0 aliphatic rings. The minimum Gasteiger partial charge on any atom is -0.507 e. The van der Waals surface area contributed by atoms with Gasteiger partial charge in [-0.2, -0.15) is 0 Å². The van der Waals surface area contributed by atoms with Crippen LogP contribution in [-0.2, 0) is 4.84 Å². The highest BCUT2D eigenvalue weighted by molar-refractivity contribution is 5.90. The third-order valence-electron chi connectivity index (χ3n) is 2.82. The van der Waals surface area contributed by atoms with Crippen LogP contribution in [0, 0.1) is 4.91 Å². The van der Waals surface area contributed by atoms with Gasteiger partial charge in [0.05, 0.1) is 0 Å². The third kappa shape index (κ3) is 9.43. The van der Waals surface area contributed by atoms with E-state index in [1.54, 1.807) is 12.1 Å². The van der Waals surface area contributed by atoms with E-state index in [0.717, 1.165) is 12.8 Å². The van der Waals surface area contributed by atoms with E-state index in [-0.39, 0.29) is 17.4 Å². The lowest BCUT2D eigenvalue weighted by Crippen LogP contribution is -2.02. The Bertz CT molecular complexity index is 422. The quantitative estimate of drug-likeness (QED) is 0.427. The summed E-state index contributed by atoms with van der Waals surface area (Å²) in [5, 5.41) is 19.7. The largest absolute Gasteiger partial charge is 0.507 e. The second-order valence-corrected chi connectivity index (χ2v) is 4.66. The van der Waals surface area contributed by atoms with Crippen molar-refractivity contribution in [3.05, 3.63) is 34.7 Å². The van der Waals surface area contributed by atoms with Crippen molar-refractivity contribution >= 4 is 5.97 Å². The van der Waals surface area contributed by atoms with Crippen LogP contribution >= 0.6 is 0 Å². The topological polar surface area (TPSA) is 96.2 Å². The maximum atomic E-state index is 10.3. The van der Waals surface area contributed by atoms with E-state index < -0.39 is 5.97 Å². The summed E-state index contributed by atoms with van der Waals surface area (Å²) in [4.78, 5) is 24.4. The molecule has 0 amide bonds. The lowest BCUT2D eigenvalue weighted by molar-refractivity contribution is 0.0607. The zero-order chi connectivity index (χ0) is 16.1.